The highest BCUT2D eigenvalue weighted by Gasteiger charge is 2.15. The van der Waals surface area contributed by atoms with E-state index in [1.807, 2.05) is 0 Å². The van der Waals surface area contributed by atoms with Crippen LogP contribution in [0.5, 0.6) is 0 Å². The monoisotopic (exact) mass is 174 g/mol. The predicted octanol–water partition coefficient (Wildman–Crippen LogP) is 2.83. The van der Waals surface area contributed by atoms with E-state index in [2.05, 4.69) is 36.4 Å². The van der Waals surface area contributed by atoms with Crippen molar-refractivity contribution in [3.8, 4) is 0 Å². The van der Waals surface area contributed by atoms with E-state index in [1.165, 1.54) is 11.1 Å². The highest BCUT2D eigenvalue weighted by atomic mass is 16.5. The van der Waals surface area contributed by atoms with Crippen LogP contribution in [0, 0.1) is 0 Å². The summed E-state index contributed by atoms with van der Waals surface area (Å²) in [4.78, 5) is 0. The first-order valence-electron chi connectivity index (χ1n) is 4.66. The molecule has 1 heteroatoms. The Bertz CT molecular complexity index is 315. The molecule has 0 saturated carbocycles. The van der Waals surface area contributed by atoms with Crippen LogP contribution in [0.25, 0.3) is 6.08 Å². The quantitative estimate of drug-likeness (QED) is 0.670. The summed E-state index contributed by atoms with van der Waals surface area (Å²) in [6.07, 6.45) is 5.53. The topological polar surface area (TPSA) is 9.23 Å². The molecule has 68 valence electrons. The van der Waals surface area contributed by atoms with Crippen molar-refractivity contribution in [3.05, 3.63) is 41.5 Å². The van der Waals surface area contributed by atoms with Gasteiger partial charge < -0.3 is 4.74 Å². The SMILES string of the molecule is COCC1CC=Cc2ccccc21. The molecule has 1 unspecified atom stereocenters. The van der Waals surface area contributed by atoms with Crippen molar-refractivity contribution in [2.75, 3.05) is 13.7 Å². The molecule has 1 atom stereocenters. The summed E-state index contributed by atoms with van der Waals surface area (Å²) in [5.74, 6) is 0.547. The molecule has 13 heavy (non-hydrogen) atoms. The number of hydrogen-bond acceptors (Lipinski definition) is 1. The second kappa shape index (κ2) is 3.75. The van der Waals surface area contributed by atoms with Crippen molar-refractivity contribution in [1.29, 1.82) is 0 Å². The average molecular weight is 174 g/mol. The number of hydrogen-bond donors (Lipinski definition) is 0. The van der Waals surface area contributed by atoms with Crippen molar-refractivity contribution < 1.29 is 4.74 Å². The number of allylic oxidation sites excluding steroid dienone is 1. The second-order valence-electron chi connectivity index (χ2n) is 3.42. The Balaban J connectivity index is 2.32. The van der Waals surface area contributed by atoms with Gasteiger partial charge in [0.05, 0.1) is 6.61 Å². The Morgan fingerprint density at radius 3 is 3.08 bits per heavy atom. The van der Waals surface area contributed by atoms with E-state index in [0.29, 0.717) is 5.92 Å². The smallest absolute Gasteiger partial charge is 0.0534 e. The van der Waals surface area contributed by atoms with Gasteiger partial charge in [-0.25, -0.2) is 0 Å². The Morgan fingerprint density at radius 1 is 1.38 bits per heavy atom. The molecular weight excluding hydrogens is 160 g/mol. The van der Waals surface area contributed by atoms with Crippen LogP contribution >= 0.6 is 0 Å². The van der Waals surface area contributed by atoms with Crippen LogP contribution in [-0.2, 0) is 4.74 Å². The van der Waals surface area contributed by atoms with Crippen LogP contribution in [0.4, 0.5) is 0 Å². The molecule has 0 saturated heterocycles. The molecule has 0 aromatic heterocycles. The van der Waals surface area contributed by atoms with Crippen molar-refractivity contribution in [2.45, 2.75) is 12.3 Å². The summed E-state index contributed by atoms with van der Waals surface area (Å²) < 4.78 is 5.20. The summed E-state index contributed by atoms with van der Waals surface area (Å²) >= 11 is 0. The number of methoxy groups -OCH3 is 1. The highest BCUT2D eigenvalue weighted by molar-refractivity contribution is 5.57. The summed E-state index contributed by atoms with van der Waals surface area (Å²) in [7, 11) is 1.76. The molecular formula is C12H14O. The lowest BCUT2D eigenvalue weighted by molar-refractivity contribution is 0.179. The third kappa shape index (κ3) is 1.65. The minimum Gasteiger partial charge on any atom is -0.384 e. The molecule has 2 rings (SSSR count). The van der Waals surface area contributed by atoms with E-state index in [1.54, 1.807) is 7.11 Å². The lowest BCUT2D eigenvalue weighted by atomic mass is 9.88. The van der Waals surface area contributed by atoms with Crippen LogP contribution in [-0.4, -0.2) is 13.7 Å². The third-order valence-corrected chi connectivity index (χ3v) is 2.52. The fraction of sp³-hybridized carbons (Fsp3) is 0.333. The number of rotatable bonds is 2. The van der Waals surface area contributed by atoms with E-state index in [4.69, 9.17) is 4.74 Å². The van der Waals surface area contributed by atoms with Gasteiger partial charge in [-0.2, -0.15) is 0 Å². The fourth-order valence-electron chi connectivity index (χ4n) is 1.88. The Hall–Kier alpha value is -1.08. The Labute approximate surface area is 79.0 Å². The largest absolute Gasteiger partial charge is 0.384 e. The van der Waals surface area contributed by atoms with Crippen molar-refractivity contribution in [2.24, 2.45) is 0 Å². The van der Waals surface area contributed by atoms with Gasteiger partial charge in [0.1, 0.15) is 0 Å². The van der Waals surface area contributed by atoms with Crippen LogP contribution < -0.4 is 0 Å². The molecule has 0 amide bonds. The Morgan fingerprint density at radius 2 is 2.23 bits per heavy atom. The molecule has 1 aromatic carbocycles. The first kappa shape index (κ1) is 8.52. The zero-order chi connectivity index (χ0) is 9.10. The van der Waals surface area contributed by atoms with Crippen LogP contribution in [0.15, 0.2) is 30.3 Å². The minimum absolute atomic E-state index is 0.547. The minimum atomic E-state index is 0.547. The maximum atomic E-state index is 5.20. The Kier molecular flexibility index (Phi) is 2.46. The van der Waals surface area contributed by atoms with E-state index in [0.717, 1.165) is 13.0 Å². The number of benzene rings is 1. The van der Waals surface area contributed by atoms with E-state index in [9.17, 15) is 0 Å². The zero-order valence-electron chi connectivity index (χ0n) is 7.86. The fourth-order valence-corrected chi connectivity index (χ4v) is 1.88. The maximum Gasteiger partial charge on any atom is 0.0534 e. The maximum absolute atomic E-state index is 5.20. The van der Waals surface area contributed by atoms with Gasteiger partial charge in [0.25, 0.3) is 0 Å². The average Bonchev–Trinajstić information content (AvgIpc) is 2.19. The van der Waals surface area contributed by atoms with E-state index < -0.39 is 0 Å². The summed E-state index contributed by atoms with van der Waals surface area (Å²) in [5.41, 5.74) is 2.77. The summed E-state index contributed by atoms with van der Waals surface area (Å²) in [6, 6.07) is 8.54. The van der Waals surface area contributed by atoms with E-state index >= 15 is 0 Å². The molecule has 0 heterocycles. The van der Waals surface area contributed by atoms with E-state index in [-0.39, 0.29) is 0 Å². The first-order chi connectivity index (χ1) is 6.42. The zero-order valence-corrected chi connectivity index (χ0v) is 7.86. The van der Waals surface area contributed by atoms with Crippen LogP contribution in [0.1, 0.15) is 23.5 Å². The van der Waals surface area contributed by atoms with Gasteiger partial charge in [-0.15, -0.1) is 0 Å². The molecule has 0 bridgehead atoms. The van der Waals surface area contributed by atoms with Gasteiger partial charge in [0, 0.05) is 13.0 Å². The summed E-state index contributed by atoms with van der Waals surface area (Å²) in [6.45, 7) is 0.821. The number of ether oxygens (including phenoxy) is 1. The van der Waals surface area contributed by atoms with Gasteiger partial charge in [0.2, 0.25) is 0 Å². The molecule has 0 spiro atoms. The molecule has 0 N–H and O–H groups in total. The second-order valence-corrected chi connectivity index (χ2v) is 3.42. The lowest BCUT2D eigenvalue weighted by Gasteiger charge is -2.20. The van der Waals surface area contributed by atoms with Crippen molar-refractivity contribution in [3.63, 3.8) is 0 Å². The normalized spacial score (nSPS) is 19.9. The van der Waals surface area contributed by atoms with Gasteiger partial charge >= 0.3 is 0 Å². The van der Waals surface area contributed by atoms with Gasteiger partial charge in [-0.3, -0.25) is 0 Å². The third-order valence-electron chi connectivity index (χ3n) is 2.52. The van der Waals surface area contributed by atoms with Crippen LogP contribution in [0.2, 0.25) is 0 Å². The summed E-state index contributed by atoms with van der Waals surface area (Å²) in [5, 5.41) is 0. The molecule has 0 aliphatic heterocycles. The first-order valence-corrected chi connectivity index (χ1v) is 4.66. The van der Waals surface area contributed by atoms with Gasteiger partial charge in [0.15, 0.2) is 0 Å². The molecule has 0 radical (unpaired) electrons. The lowest BCUT2D eigenvalue weighted by Crippen LogP contribution is -2.09. The molecule has 1 nitrogen and oxygen atoms in total. The molecule has 1 aliphatic rings. The van der Waals surface area contributed by atoms with Crippen LogP contribution in [0.3, 0.4) is 0 Å². The molecule has 1 aromatic rings. The predicted molar refractivity (Wildman–Crippen MR) is 54.7 cm³/mol. The standard InChI is InChI=1S/C12H14O/c1-13-9-11-7-4-6-10-5-2-3-8-12(10)11/h2-6,8,11H,7,9H2,1H3. The molecule has 1 aliphatic carbocycles. The molecule has 0 fully saturated rings. The van der Waals surface area contributed by atoms with Crippen molar-refractivity contribution >= 4 is 6.08 Å². The van der Waals surface area contributed by atoms with Crippen molar-refractivity contribution in [1.82, 2.24) is 0 Å². The number of fused-ring (bicyclic) bond motifs is 1. The van der Waals surface area contributed by atoms with Gasteiger partial charge in [-0.1, -0.05) is 36.4 Å². The van der Waals surface area contributed by atoms with Gasteiger partial charge in [-0.05, 0) is 17.5 Å². The highest BCUT2D eigenvalue weighted by Crippen LogP contribution is 2.29.